The largest absolute Gasteiger partial charge is 0.505 e. The lowest BCUT2D eigenvalue weighted by molar-refractivity contribution is 0.470. The van der Waals surface area contributed by atoms with E-state index in [9.17, 15) is 5.11 Å². The molecule has 1 aromatic carbocycles. The lowest BCUT2D eigenvalue weighted by Gasteiger charge is -2.23. The molecule has 1 N–H and O–H groups in total. The molecule has 0 heterocycles. The van der Waals surface area contributed by atoms with Gasteiger partial charge < -0.3 is 5.11 Å². The van der Waals surface area contributed by atoms with Gasteiger partial charge in [0, 0.05) is 0 Å². The number of hydrogen-bond donors (Lipinski definition) is 1. The fraction of sp³-hybridized carbons (Fsp3) is 0.571. The SMILES string of the molecule is CC(C)Cc1cc(C(C)(C)C)c(Cl)c(O)c1Cl. The summed E-state index contributed by atoms with van der Waals surface area (Å²) in [4.78, 5) is 0. The molecule has 1 rings (SSSR count). The number of aromatic hydroxyl groups is 1. The zero-order chi connectivity index (χ0) is 13.4. The molecule has 17 heavy (non-hydrogen) atoms. The van der Waals surface area contributed by atoms with E-state index in [0.29, 0.717) is 16.0 Å². The maximum atomic E-state index is 9.98. The highest BCUT2D eigenvalue weighted by atomic mass is 35.5. The standard InChI is InChI=1S/C14H20Cl2O/c1-8(2)6-9-7-10(14(3,4)5)12(16)13(17)11(9)15/h7-8,17H,6H2,1-5H3. The van der Waals surface area contributed by atoms with Gasteiger partial charge in [-0.05, 0) is 28.9 Å². The van der Waals surface area contributed by atoms with Crippen LogP contribution < -0.4 is 0 Å². The van der Waals surface area contributed by atoms with Gasteiger partial charge in [-0.25, -0.2) is 0 Å². The molecule has 0 radical (unpaired) electrons. The van der Waals surface area contributed by atoms with Crippen molar-refractivity contribution in [1.82, 2.24) is 0 Å². The molecule has 0 fully saturated rings. The van der Waals surface area contributed by atoms with E-state index in [1.165, 1.54) is 0 Å². The summed E-state index contributed by atoms with van der Waals surface area (Å²) >= 11 is 12.3. The van der Waals surface area contributed by atoms with Crippen molar-refractivity contribution < 1.29 is 5.11 Å². The van der Waals surface area contributed by atoms with Crippen LogP contribution in [-0.4, -0.2) is 5.11 Å². The van der Waals surface area contributed by atoms with E-state index in [1.807, 2.05) is 6.07 Å². The maximum Gasteiger partial charge on any atom is 0.153 e. The van der Waals surface area contributed by atoms with Gasteiger partial charge in [-0.2, -0.15) is 0 Å². The van der Waals surface area contributed by atoms with Crippen LogP contribution in [0.15, 0.2) is 6.07 Å². The molecule has 0 aliphatic heterocycles. The second kappa shape index (κ2) is 5.07. The molecule has 1 aromatic rings. The van der Waals surface area contributed by atoms with Gasteiger partial charge >= 0.3 is 0 Å². The van der Waals surface area contributed by atoms with Gasteiger partial charge in [0.1, 0.15) is 0 Å². The van der Waals surface area contributed by atoms with Crippen molar-refractivity contribution in [3.05, 3.63) is 27.2 Å². The Kier molecular flexibility index (Phi) is 4.38. The van der Waals surface area contributed by atoms with Gasteiger partial charge in [0.2, 0.25) is 0 Å². The molecule has 0 unspecified atom stereocenters. The highest BCUT2D eigenvalue weighted by molar-refractivity contribution is 6.38. The first-order valence-corrected chi connectivity index (χ1v) is 6.60. The first-order valence-electron chi connectivity index (χ1n) is 5.85. The topological polar surface area (TPSA) is 20.2 Å². The molecular formula is C14H20Cl2O. The fourth-order valence-electron chi connectivity index (χ4n) is 1.81. The number of phenols is 1. The van der Waals surface area contributed by atoms with Gasteiger partial charge in [0.25, 0.3) is 0 Å². The van der Waals surface area contributed by atoms with Crippen LogP contribution >= 0.6 is 23.2 Å². The molecular weight excluding hydrogens is 255 g/mol. The normalized spacial score (nSPS) is 12.2. The van der Waals surface area contributed by atoms with Crippen LogP contribution in [0.4, 0.5) is 0 Å². The van der Waals surface area contributed by atoms with Crippen molar-refractivity contribution >= 4 is 23.2 Å². The van der Waals surface area contributed by atoms with E-state index in [-0.39, 0.29) is 11.2 Å². The summed E-state index contributed by atoms with van der Waals surface area (Å²) < 4.78 is 0. The number of halogens is 2. The summed E-state index contributed by atoms with van der Waals surface area (Å²) in [5.74, 6) is 0.498. The minimum Gasteiger partial charge on any atom is -0.505 e. The number of rotatable bonds is 2. The van der Waals surface area contributed by atoms with Crippen LogP contribution in [0.2, 0.25) is 10.0 Å². The molecule has 0 saturated carbocycles. The average Bonchev–Trinajstić information content (AvgIpc) is 2.16. The van der Waals surface area contributed by atoms with E-state index < -0.39 is 0 Å². The van der Waals surface area contributed by atoms with Crippen molar-refractivity contribution in [3.8, 4) is 5.75 Å². The van der Waals surface area contributed by atoms with Gasteiger partial charge in [0.05, 0.1) is 10.0 Å². The third-order valence-electron chi connectivity index (χ3n) is 2.69. The molecule has 0 saturated heterocycles. The Balaban J connectivity index is 3.39. The van der Waals surface area contributed by atoms with Crippen molar-refractivity contribution in [1.29, 1.82) is 0 Å². The number of phenolic OH excluding ortho intramolecular Hbond substituents is 1. The maximum absolute atomic E-state index is 9.98. The summed E-state index contributed by atoms with van der Waals surface area (Å²) in [6.45, 7) is 10.5. The van der Waals surface area contributed by atoms with Crippen LogP contribution in [0.5, 0.6) is 5.75 Å². The predicted molar refractivity (Wildman–Crippen MR) is 75.4 cm³/mol. The van der Waals surface area contributed by atoms with Crippen LogP contribution in [-0.2, 0) is 11.8 Å². The smallest absolute Gasteiger partial charge is 0.153 e. The van der Waals surface area contributed by atoms with E-state index in [2.05, 4.69) is 34.6 Å². The highest BCUT2D eigenvalue weighted by Crippen LogP contribution is 2.42. The van der Waals surface area contributed by atoms with Gasteiger partial charge in [-0.1, -0.05) is 63.9 Å². The summed E-state index contributed by atoms with van der Waals surface area (Å²) in [6.07, 6.45) is 0.840. The van der Waals surface area contributed by atoms with Crippen LogP contribution in [0.3, 0.4) is 0 Å². The first-order chi connectivity index (χ1) is 7.64. The quantitative estimate of drug-likeness (QED) is 0.787. The third kappa shape index (κ3) is 3.29. The summed E-state index contributed by atoms with van der Waals surface area (Å²) in [6, 6.07) is 2.02. The van der Waals surface area contributed by atoms with Crippen LogP contribution in [0, 0.1) is 5.92 Å². The Labute approximate surface area is 114 Å². The molecule has 0 amide bonds. The Morgan fingerprint density at radius 1 is 1.18 bits per heavy atom. The van der Waals surface area contributed by atoms with Crippen molar-refractivity contribution in [2.45, 2.75) is 46.5 Å². The Morgan fingerprint density at radius 3 is 2.12 bits per heavy atom. The molecule has 0 bridgehead atoms. The Bertz CT molecular complexity index is 417. The Morgan fingerprint density at radius 2 is 1.71 bits per heavy atom. The van der Waals surface area contributed by atoms with Gasteiger partial charge in [-0.3, -0.25) is 0 Å². The Hall–Kier alpha value is -0.400. The minimum absolute atomic E-state index is 0.0106. The average molecular weight is 275 g/mol. The van der Waals surface area contributed by atoms with E-state index in [1.54, 1.807) is 0 Å². The van der Waals surface area contributed by atoms with Gasteiger partial charge in [-0.15, -0.1) is 0 Å². The summed E-state index contributed by atoms with van der Waals surface area (Å²) in [5.41, 5.74) is 1.80. The molecule has 96 valence electrons. The molecule has 0 aliphatic rings. The van der Waals surface area contributed by atoms with Crippen molar-refractivity contribution in [2.75, 3.05) is 0 Å². The number of benzene rings is 1. The highest BCUT2D eigenvalue weighted by Gasteiger charge is 2.23. The second-order valence-electron chi connectivity index (χ2n) is 5.91. The summed E-state index contributed by atoms with van der Waals surface area (Å²) in [5, 5.41) is 10.7. The fourth-order valence-corrected chi connectivity index (χ4v) is 2.52. The second-order valence-corrected chi connectivity index (χ2v) is 6.66. The molecule has 0 spiro atoms. The van der Waals surface area contributed by atoms with Crippen molar-refractivity contribution in [3.63, 3.8) is 0 Å². The minimum atomic E-state index is -0.106. The lowest BCUT2D eigenvalue weighted by Crippen LogP contribution is -2.13. The van der Waals surface area contributed by atoms with Crippen molar-refractivity contribution in [2.24, 2.45) is 5.92 Å². The van der Waals surface area contributed by atoms with Gasteiger partial charge in [0.15, 0.2) is 5.75 Å². The zero-order valence-electron chi connectivity index (χ0n) is 11.1. The molecule has 0 atom stereocenters. The molecule has 0 aliphatic carbocycles. The van der Waals surface area contributed by atoms with E-state index in [4.69, 9.17) is 23.2 Å². The molecule has 3 heteroatoms. The number of hydrogen-bond acceptors (Lipinski definition) is 1. The third-order valence-corrected chi connectivity index (χ3v) is 3.49. The lowest BCUT2D eigenvalue weighted by atomic mass is 9.85. The first kappa shape index (κ1) is 14.7. The summed E-state index contributed by atoms with van der Waals surface area (Å²) in [7, 11) is 0. The molecule has 1 nitrogen and oxygen atoms in total. The monoisotopic (exact) mass is 274 g/mol. The van der Waals surface area contributed by atoms with Crippen LogP contribution in [0.25, 0.3) is 0 Å². The van der Waals surface area contributed by atoms with E-state index >= 15 is 0 Å². The predicted octanol–water partition coefficient (Wildman–Crippen LogP) is 5.20. The van der Waals surface area contributed by atoms with Crippen LogP contribution in [0.1, 0.15) is 45.7 Å². The zero-order valence-corrected chi connectivity index (χ0v) is 12.6. The molecule has 0 aromatic heterocycles. The van der Waals surface area contributed by atoms with E-state index in [0.717, 1.165) is 17.5 Å².